The molecule has 252 valence electrons. The minimum atomic E-state index is -5.08. The van der Waals surface area contributed by atoms with Gasteiger partial charge in [0.05, 0.1) is 5.92 Å². The van der Waals surface area contributed by atoms with E-state index in [1.165, 1.54) is 5.56 Å². The number of benzene rings is 3. The molecule has 0 radical (unpaired) electrons. The van der Waals surface area contributed by atoms with Crippen LogP contribution >= 0.6 is 12.0 Å². The highest BCUT2D eigenvalue weighted by Crippen LogP contribution is 2.27. The number of alkyl halides is 3. The predicted molar refractivity (Wildman–Crippen MR) is 183 cm³/mol. The van der Waals surface area contributed by atoms with Gasteiger partial charge in [0.1, 0.15) is 0 Å². The van der Waals surface area contributed by atoms with E-state index in [2.05, 4.69) is 61.8 Å². The Kier molecular flexibility index (Phi) is 16.0. The number of halogens is 3. The Morgan fingerprint density at radius 2 is 1.45 bits per heavy atom. The van der Waals surface area contributed by atoms with Crippen molar-refractivity contribution >= 4 is 41.1 Å². The predicted octanol–water partition coefficient (Wildman–Crippen LogP) is 8.71. The molecule has 0 aliphatic heterocycles. The van der Waals surface area contributed by atoms with Crippen molar-refractivity contribution in [2.24, 2.45) is 0 Å². The van der Waals surface area contributed by atoms with E-state index in [4.69, 9.17) is 14.5 Å². The Bertz CT molecular complexity index is 1500. The van der Waals surface area contributed by atoms with Crippen LogP contribution in [0.15, 0.2) is 91.0 Å². The highest BCUT2D eigenvalue weighted by molar-refractivity contribution is 7.93. The Labute approximate surface area is 278 Å². The molecule has 0 saturated heterocycles. The van der Waals surface area contributed by atoms with Crippen LogP contribution in [0.4, 0.5) is 18.9 Å². The lowest BCUT2D eigenvalue weighted by Gasteiger charge is -2.19. The summed E-state index contributed by atoms with van der Waals surface area (Å²) in [6.45, 7) is 8.83. The van der Waals surface area contributed by atoms with Gasteiger partial charge in [0, 0.05) is 23.5 Å². The zero-order valence-corrected chi connectivity index (χ0v) is 27.6. The fourth-order valence-corrected chi connectivity index (χ4v) is 4.59. The first-order valence-corrected chi connectivity index (χ1v) is 16.0. The molecule has 3 aromatic rings. The van der Waals surface area contributed by atoms with Crippen LogP contribution < -0.4 is 10.6 Å². The van der Waals surface area contributed by atoms with Crippen molar-refractivity contribution in [1.29, 1.82) is 0 Å². The molecule has 11 heteroatoms. The van der Waals surface area contributed by atoms with E-state index in [0.29, 0.717) is 42.2 Å². The molecule has 0 aromatic heterocycles. The van der Waals surface area contributed by atoms with E-state index in [-0.39, 0.29) is 11.8 Å². The highest BCUT2D eigenvalue weighted by atomic mass is 32.2. The van der Waals surface area contributed by atoms with Crippen LogP contribution in [0.2, 0.25) is 0 Å². The molecular weight excluding hydrogens is 629 g/mol. The largest absolute Gasteiger partial charge is 0.490 e. The molecule has 0 spiro atoms. The second-order valence-electron chi connectivity index (χ2n) is 10.8. The molecule has 1 unspecified atom stereocenters. The molecule has 2 amide bonds. The summed E-state index contributed by atoms with van der Waals surface area (Å²) in [6, 6.07) is 23.6. The average Bonchev–Trinajstić information content (AvgIpc) is 3.05. The molecule has 0 aliphatic rings. The summed E-state index contributed by atoms with van der Waals surface area (Å²) in [4.78, 5) is 34.9. The van der Waals surface area contributed by atoms with Crippen LogP contribution in [0, 0.1) is 0 Å². The van der Waals surface area contributed by atoms with E-state index in [0.717, 1.165) is 34.4 Å². The lowest BCUT2D eigenvalue weighted by atomic mass is 9.89. The Morgan fingerprint density at radius 1 is 0.894 bits per heavy atom. The minimum absolute atomic E-state index is 0.0782. The highest BCUT2D eigenvalue weighted by Gasteiger charge is 2.38. The van der Waals surface area contributed by atoms with Gasteiger partial charge in [-0.25, -0.2) is 4.79 Å². The average molecular weight is 671 g/mol. The quantitative estimate of drug-likeness (QED) is 0.0822. The van der Waals surface area contributed by atoms with Gasteiger partial charge in [-0.1, -0.05) is 87.5 Å². The number of allylic oxidation sites excluding steroid dienone is 4. The molecule has 3 rings (SSSR count). The Morgan fingerprint density at radius 3 is 1.94 bits per heavy atom. The van der Waals surface area contributed by atoms with Gasteiger partial charge in [-0.05, 0) is 89.8 Å². The maximum atomic E-state index is 13.7. The number of carbonyl (C=O) groups excluding carboxylic acids is 2. The summed E-state index contributed by atoms with van der Waals surface area (Å²) in [5.74, 6) is -2.58. The van der Waals surface area contributed by atoms with Crippen LogP contribution in [0.5, 0.6) is 0 Å². The maximum Gasteiger partial charge on any atom is 0.490 e. The number of carboxylic acid groups (broad SMARTS) is 1. The molecule has 7 nitrogen and oxygen atoms in total. The number of nitrogens with one attached hydrogen (secondary N) is 2. The molecule has 47 heavy (non-hydrogen) atoms. The molecule has 0 aliphatic carbocycles. The number of hydrogen-bond acceptors (Lipinski definition) is 5. The lowest BCUT2D eigenvalue weighted by molar-refractivity contribution is -0.192. The molecule has 3 aromatic carbocycles. The SMILES string of the molecule is C/C=C(\C=C/CC)c1ccc(NC(=O)C(Cc2ccc(C(=O)NCCSO)cc2)c2ccc(C(C)C)cc2)cc1.O=C(O)C(F)(F)F. The number of hydrogen-bond donors (Lipinski definition) is 4. The fraction of sp³-hybridized carbons (Fsp3) is 0.306. The van der Waals surface area contributed by atoms with E-state index >= 15 is 0 Å². The van der Waals surface area contributed by atoms with Crippen molar-refractivity contribution in [1.82, 2.24) is 5.32 Å². The normalized spacial score (nSPS) is 12.3. The standard InChI is InChI=1S/C34H40N2O3S.C2HF3O2/c1-5-7-8-26(6-2)28-17-19-31(20-18-28)36-34(38)32(29-15-13-27(14-16-29)24(3)4)23-25-9-11-30(12-10-25)33(37)35-21-22-40-39;3-2(4,5)1(6)7/h6-20,24,32,39H,5,21-23H2,1-4H3,(H,35,37)(H,36,38);(H,6,7)/b8-7-,26-6+;. The summed E-state index contributed by atoms with van der Waals surface area (Å²) in [6.07, 6.45) is 2.73. The van der Waals surface area contributed by atoms with Gasteiger partial charge in [-0.2, -0.15) is 13.2 Å². The molecule has 0 fully saturated rings. The first kappa shape index (κ1) is 38.8. The molecular formula is C36H41F3N2O5S. The number of rotatable bonds is 13. The summed E-state index contributed by atoms with van der Waals surface area (Å²) in [5, 5.41) is 13.0. The van der Waals surface area contributed by atoms with Gasteiger partial charge in [-0.3, -0.25) is 9.59 Å². The molecule has 0 saturated carbocycles. The zero-order valence-electron chi connectivity index (χ0n) is 26.8. The minimum Gasteiger partial charge on any atom is -0.475 e. The second-order valence-corrected chi connectivity index (χ2v) is 11.5. The van der Waals surface area contributed by atoms with Crippen molar-refractivity contribution in [3.63, 3.8) is 0 Å². The van der Waals surface area contributed by atoms with Crippen molar-refractivity contribution in [3.05, 3.63) is 119 Å². The van der Waals surface area contributed by atoms with E-state index < -0.39 is 18.1 Å². The summed E-state index contributed by atoms with van der Waals surface area (Å²) >= 11 is 0.699. The Balaban J connectivity index is 0.000000984. The number of carboxylic acids is 1. The van der Waals surface area contributed by atoms with Crippen molar-refractivity contribution in [2.45, 2.75) is 58.5 Å². The molecule has 1 atom stereocenters. The number of anilines is 1. The summed E-state index contributed by atoms with van der Waals surface area (Å²) < 4.78 is 40.6. The summed E-state index contributed by atoms with van der Waals surface area (Å²) in [5.41, 5.74) is 6.68. The smallest absolute Gasteiger partial charge is 0.475 e. The van der Waals surface area contributed by atoms with Crippen LogP contribution in [-0.2, 0) is 16.0 Å². The lowest BCUT2D eigenvalue weighted by Crippen LogP contribution is -2.25. The van der Waals surface area contributed by atoms with Gasteiger partial charge in [-0.15, -0.1) is 0 Å². The Hall–Kier alpha value is -4.35. The van der Waals surface area contributed by atoms with Crippen LogP contribution in [-0.4, -0.2) is 45.9 Å². The van der Waals surface area contributed by atoms with Crippen LogP contribution in [0.25, 0.3) is 5.57 Å². The number of carbonyl (C=O) groups is 3. The first-order chi connectivity index (χ1) is 22.3. The third-order valence-corrected chi connectivity index (χ3v) is 7.42. The van der Waals surface area contributed by atoms with E-state index in [9.17, 15) is 22.8 Å². The van der Waals surface area contributed by atoms with Gasteiger partial charge < -0.3 is 20.3 Å². The van der Waals surface area contributed by atoms with Gasteiger partial charge in [0.25, 0.3) is 5.91 Å². The zero-order chi connectivity index (χ0) is 35.0. The second kappa shape index (κ2) is 19.3. The van der Waals surface area contributed by atoms with E-state index in [1.807, 2.05) is 55.5 Å². The molecule has 0 heterocycles. The molecule has 4 N–H and O–H groups in total. The third-order valence-electron chi connectivity index (χ3n) is 7.03. The third kappa shape index (κ3) is 13.1. The van der Waals surface area contributed by atoms with Gasteiger partial charge in [0.15, 0.2) is 0 Å². The maximum absolute atomic E-state index is 13.7. The fourth-order valence-electron chi connectivity index (χ4n) is 4.39. The van der Waals surface area contributed by atoms with E-state index in [1.54, 1.807) is 12.1 Å². The van der Waals surface area contributed by atoms with Gasteiger partial charge >= 0.3 is 12.1 Å². The number of aliphatic carboxylic acids is 1. The number of amides is 2. The van der Waals surface area contributed by atoms with Crippen molar-refractivity contribution in [2.75, 3.05) is 17.6 Å². The van der Waals surface area contributed by atoms with Crippen LogP contribution in [0.3, 0.4) is 0 Å². The first-order valence-electron chi connectivity index (χ1n) is 15.1. The van der Waals surface area contributed by atoms with Crippen molar-refractivity contribution < 1.29 is 37.2 Å². The monoisotopic (exact) mass is 670 g/mol. The topological polar surface area (TPSA) is 116 Å². The van der Waals surface area contributed by atoms with Crippen molar-refractivity contribution in [3.8, 4) is 0 Å². The van der Waals surface area contributed by atoms with Gasteiger partial charge in [0.2, 0.25) is 5.91 Å². The van der Waals surface area contributed by atoms with Crippen LogP contribution in [0.1, 0.15) is 78.6 Å². The summed E-state index contributed by atoms with van der Waals surface area (Å²) in [7, 11) is 0. The molecule has 0 bridgehead atoms.